The summed E-state index contributed by atoms with van der Waals surface area (Å²) in [6.45, 7) is 4.26. The molecule has 1 heterocycles. The van der Waals surface area contributed by atoms with Crippen molar-refractivity contribution in [1.29, 1.82) is 0 Å². The number of ether oxygens (including phenoxy) is 1. The molecule has 0 saturated heterocycles. The highest BCUT2D eigenvalue weighted by atomic mass is 35.5. The van der Waals surface area contributed by atoms with Crippen LogP contribution in [-0.4, -0.2) is 12.5 Å². The summed E-state index contributed by atoms with van der Waals surface area (Å²) in [5.74, 6) is 0.365. The Morgan fingerprint density at radius 1 is 1.45 bits per heavy atom. The third kappa shape index (κ3) is 3.23. The van der Waals surface area contributed by atoms with Crippen LogP contribution in [0.2, 0.25) is 5.02 Å². The standard InChI is InChI=1S/C14H15ClN2O2S/c1-3-19-12-5-4-9(15)6-11(12)17-14(18)13-7-10(16)8(2)20-13/h4-7H,3,16H2,1-2H3,(H,17,18). The summed E-state index contributed by atoms with van der Waals surface area (Å²) in [6.07, 6.45) is 0. The molecule has 0 fully saturated rings. The minimum absolute atomic E-state index is 0.224. The zero-order valence-corrected chi connectivity index (χ0v) is 12.8. The number of hydrogen-bond acceptors (Lipinski definition) is 4. The molecule has 0 aliphatic carbocycles. The van der Waals surface area contributed by atoms with Crippen LogP contribution in [0.25, 0.3) is 0 Å². The SMILES string of the molecule is CCOc1ccc(Cl)cc1NC(=O)c1cc(N)c(C)s1. The van der Waals surface area contributed by atoms with Crippen molar-refractivity contribution in [2.45, 2.75) is 13.8 Å². The molecule has 0 spiro atoms. The summed E-state index contributed by atoms with van der Waals surface area (Å²) in [4.78, 5) is 13.7. The number of nitrogen functional groups attached to an aromatic ring is 1. The maximum atomic E-state index is 12.2. The van der Waals surface area contributed by atoms with E-state index in [1.807, 2.05) is 13.8 Å². The molecule has 2 aromatic rings. The van der Waals surface area contributed by atoms with Crippen molar-refractivity contribution in [3.63, 3.8) is 0 Å². The van der Waals surface area contributed by atoms with Crippen LogP contribution in [0, 0.1) is 6.92 Å². The molecule has 106 valence electrons. The number of rotatable bonds is 4. The first-order valence-corrected chi connectivity index (χ1v) is 7.30. The van der Waals surface area contributed by atoms with Gasteiger partial charge in [0.1, 0.15) is 5.75 Å². The van der Waals surface area contributed by atoms with Crippen LogP contribution in [0.5, 0.6) is 5.75 Å². The largest absolute Gasteiger partial charge is 0.492 e. The van der Waals surface area contributed by atoms with E-state index in [0.29, 0.717) is 33.6 Å². The van der Waals surface area contributed by atoms with Crippen molar-refractivity contribution in [2.24, 2.45) is 0 Å². The average Bonchev–Trinajstić information content (AvgIpc) is 2.73. The number of aryl methyl sites for hydroxylation is 1. The summed E-state index contributed by atoms with van der Waals surface area (Å²) < 4.78 is 5.46. The van der Waals surface area contributed by atoms with E-state index in [-0.39, 0.29) is 5.91 Å². The van der Waals surface area contributed by atoms with Gasteiger partial charge in [-0.25, -0.2) is 0 Å². The quantitative estimate of drug-likeness (QED) is 0.899. The molecule has 0 saturated carbocycles. The van der Waals surface area contributed by atoms with Crippen LogP contribution < -0.4 is 15.8 Å². The van der Waals surface area contributed by atoms with Crippen LogP contribution in [0.15, 0.2) is 24.3 Å². The topological polar surface area (TPSA) is 64.3 Å². The average molecular weight is 311 g/mol. The number of amides is 1. The Morgan fingerprint density at radius 3 is 2.80 bits per heavy atom. The maximum absolute atomic E-state index is 12.2. The fourth-order valence-corrected chi connectivity index (χ4v) is 2.68. The number of nitrogens with two attached hydrogens (primary N) is 1. The molecular weight excluding hydrogens is 296 g/mol. The summed E-state index contributed by atoms with van der Waals surface area (Å²) in [6, 6.07) is 6.78. The lowest BCUT2D eigenvalue weighted by molar-refractivity contribution is 0.103. The van der Waals surface area contributed by atoms with Crippen molar-refractivity contribution >= 4 is 40.2 Å². The van der Waals surface area contributed by atoms with Gasteiger partial charge in [0.25, 0.3) is 5.91 Å². The molecule has 3 N–H and O–H groups in total. The van der Waals surface area contributed by atoms with E-state index in [1.54, 1.807) is 24.3 Å². The smallest absolute Gasteiger partial charge is 0.265 e. The van der Waals surface area contributed by atoms with Gasteiger partial charge >= 0.3 is 0 Å². The molecular formula is C14H15ClN2O2S. The van der Waals surface area contributed by atoms with Gasteiger partial charge in [-0.2, -0.15) is 0 Å². The minimum atomic E-state index is -0.224. The number of carbonyl (C=O) groups is 1. The number of thiophene rings is 1. The van der Waals surface area contributed by atoms with Gasteiger partial charge in [-0.15, -0.1) is 11.3 Å². The summed E-state index contributed by atoms with van der Waals surface area (Å²) in [5, 5.41) is 3.33. The molecule has 1 aromatic heterocycles. The Hall–Kier alpha value is -1.72. The van der Waals surface area contributed by atoms with Crippen molar-refractivity contribution in [3.05, 3.63) is 39.0 Å². The number of anilines is 2. The second-order valence-corrected chi connectivity index (χ2v) is 5.84. The van der Waals surface area contributed by atoms with E-state index in [2.05, 4.69) is 5.32 Å². The summed E-state index contributed by atoms with van der Waals surface area (Å²) >= 11 is 7.31. The molecule has 1 amide bonds. The Kier molecular flexibility index (Phi) is 4.52. The van der Waals surface area contributed by atoms with Crippen molar-refractivity contribution in [3.8, 4) is 5.75 Å². The molecule has 1 aromatic carbocycles. The Morgan fingerprint density at radius 2 is 2.20 bits per heavy atom. The number of hydrogen-bond donors (Lipinski definition) is 2. The second kappa shape index (κ2) is 6.15. The second-order valence-electron chi connectivity index (χ2n) is 4.15. The maximum Gasteiger partial charge on any atom is 0.265 e. The molecule has 0 radical (unpaired) electrons. The van der Waals surface area contributed by atoms with Crippen LogP contribution in [0.3, 0.4) is 0 Å². The number of halogens is 1. The fraction of sp³-hybridized carbons (Fsp3) is 0.214. The third-order valence-electron chi connectivity index (χ3n) is 2.67. The summed E-state index contributed by atoms with van der Waals surface area (Å²) in [7, 11) is 0. The van der Waals surface area contributed by atoms with Gasteiger partial charge in [0.15, 0.2) is 0 Å². The zero-order valence-electron chi connectivity index (χ0n) is 11.2. The van der Waals surface area contributed by atoms with Gasteiger partial charge in [-0.3, -0.25) is 4.79 Å². The van der Waals surface area contributed by atoms with Gasteiger partial charge in [-0.1, -0.05) is 11.6 Å². The normalized spacial score (nSPS) is 10.3. The first kappa shape index (κ1) is 14.7. The van der Waals surface area contributed by atoms with Crippen molar-refractivity contribution in [1.82, 2.24) is 0 Å². The van der Waals surface area contributed by atoms with E-state index >= 15 is 0 Å². The highest BCUT2D eigenvalue weighted by molar-refractivity contribution is 7.14. The van der Waals surface area contributed by atoms with Crippen LogP contribution in [0.4, 0.5) is 11.4 Å². The van der Waals surface area contributed by atoms with Gasteiger partial charge in [-0.05, 0) is 38.1 Å². The highest BCUT2D eigenvalue weighted by Gasteiger charge is 2.14. The monoisotopic (exact) mass is 310 g/mol. The first-order chi connectivity index (χ1) is 9.51. The van der Waals surface area contributed by atoms with E-state index in [0.717, 1.165) is 4.88 Å². The molecule has 20 heavy (non-hydrogen) atoms. The molecule has 0 bridgehead atoms. The zero-order chi connectivity index (χ0) is 14.7. The van der Waals surface area contributed by atoms with Crippen LogP contribution in [0.1, 0.15) is 21.5 Å². The van der Waals surface area contributed by atoms with E-state index in [9.17, 15) is 4.79 Å². The fourth-order valence-electron chi connectivity index (χ4n) is 1.67. The van der Waals surface area contributed by atoms with Gasteiger partial charge < -0.3 is 15.8 Å². The lowest BCUT2D eigenvalue weighted by atomic mass is 10.2. The third-order valence-corrected chi connectivity index (χ3v) is 3.97. The molecule has 2 rings (SSSR count). The lowest BCUT2D eigenvalue weighted by Crippen LogP contribution is -2.11. The van der Waals surface area contributed by atoms with Gasteiger partial charge in [0, 0.05) is 15.6 Å². The van der Waals surface area contributed by atoms with E-state index in [1.165, 1.54) is 11.3 Å². The van der Waals surface area contributed by atoms with E-state index in [4.69, 9.17) is 22.1 Å². The number of benzene rings is 1. The Labute approximate surface area is 126 Å². The first-order valence-electron chi connectivity index (χ1n) is 6.11. The molecule has 6 heteroatoms. The Bertz CT molecular complexity index is 621. The predicted octanol–water partition coefficient (Wildman–Crippen LogP) is 3.94. The molecule has 0 aliphatic heterocycles. The highest BCUT2D eigenvalue weighted by Crippen LogP contribution is 2.30. The molecule has 0 unspecified atom stereocenters. The van der Waals surface area contributed by atoms with Gasteiger partial charge in [0.05, 0.1) is 17.2 Å². The molecule has 0 atom stereocenters. The minimum Gasteiger partial charge on any atom is -0.492 e. The number of nitrogens with one attached hydrogen (secondary N) is 1. The molecule has 4 nitrogen and oxygen atoms in total. The van der Waals surface area contributed by atoms with Crippen molar-refractivity contribution in [2.75, 3.05) is 17.7 Å². The van der Waals surface area contributed by atoms with Crippen LogP contribution in [-0.2, 0) is 0 Å². The van der Waals surface area contributed by atoms with Crippen molar-refractivity contribution < 1.29 is 9.53 Å². The number of carbonyl (C=O) groups excluding carboxylic acids is 1. The lowest BCUT2D eigenvalue weighted by Gasteiger charge is -2.11. The Balaban J connectivity index is 2.24. The van der Waals surface area contributed by atoms with Gasteiger partial charge in [0.2, 0.25) is 0 Å². The van der Waals surface area contributed by atoms with E-state index < -0.39 is 0 Å². The summed E-state index contributed by atoms with van der Waals surface area (Å²) in [5.41, 5.74) is 6.93. The van der Waals surface area contributed by atoms with Crippen LogP contribution >= 0.6 is 22.9 Å². The molecule has 0 aliphatic rings. The predicted molar refractivity (Wildman–Crippen MR) is 84.0 cm³/mol.